The molecule has 0 radical (unpaired) electrons. The molecule has 0 bridgehead atoms. The Hall–Kier alpha value is -2.22. The Morgan fingerprint density at radius 2 is 1.89 bits per heavy atom. The van der Waals surface area contributed by atoms with Crippen molar-refractivity contribution in [1.29, 1.82) is 0 Å². The van der Waals surface area contributed by atoms with E-state index in [9.17, 15) is 10.1 Å². The lowest BCUT2D eigenvalue weighted by molar-refractivity contribution is -0.391. The molecule has 2 heterocycles. The van der Waals surface area contributed by atoms with Gasteiger partial charge in [0.05, 0.1) is 7.05 Å². The predicted octanol–water partition coefficient (Wildman–Crippen LogP) is 4.50. The van der Waals surface area contributed by atoms with Gasteiger partial charge in [-0.15, -0.1) is 0 Å². The Labute approximate surface area is 166 Å². The van der Waals surface area contributed by atoms with Crippen LogP contribution in [0.4, 0.5) is 5.82 Å². The highest BCUT2D eigenvalue weighted by Crippen LogP contribution is 2.25. The molecule has 8 heteroatoms. The van der Waals surface area contributed by atoms with Crippen LogP contribution in [0.5, 0.6) is 0 Å². The van der Waals surface area contributed by atoms with Crippen LogP contribution in [-0.2, 0) is 13.5 Å². The van der Waals surface area contributed by atoms with Crippen LogP contribution < -0.4 is 5.32 Å². The third kappa shape index (κ3) is 6.74. The molecule has 0 fully saturated rings. The summed E-state index contributed by atoms with van der Waals surface area (Å²) in [5, 5.41) is 18.5. The standard InChI is InChI=1S/C20H33N5O3/c1-16(2)10-7-9-13-21-12-8-5-4-6-11-17-15-28-23-19(17)20-22-14-18(24(20)3)25(26)27/h14-16,21H,4-13H2,1-3H3. The van der Waals surface area contributed by atoms with Gasteiger partial charge in [0.2, 0.25) is 0 Å². The Morgan fingerprint density at radius 3 is 2.57 bits per heavy atom. The molecule has 0 aliphatic carbocycles. The largest absolute Gasteiger partial charge is 0.364 e. The number of unbranched alkanes of at least 4 members (excludes halogenated alkanes) is 4. The van der Waals surface area contributed by atoms with E-state index >= 15 is 0 Å². The summed E-state index contributed by atoms with van der Waals surface area (Å²) in [6, 6.07) is 0. The van der Waals surface area contributed by atoms with E-state index in [1.807, 2.05) is 0 Å². The zero-order valence-electron chi connectivity index (χ0n) is 17.3. The average molecular weight is 392 g/mol. The van der Waals surface area contributed by atoms with Crippen LogP contribution in [0.1, 0.15) is 64.4 Å². The molecule has 8 nitrogen and oxygen atoms in total. The molecule has 0 saturated carbocycles. The number of rotatable bonds is 14. The maximum Gasteiger partial charge on any atom is 0.342 e. The van der Waals surface area contributed by atoms with Crippen molar-refractivity contribution in [3.8, 4) is 11.5 Å². The van der Waals surface area contributed by atoms with Crippen molar-refractivity contribution in [3.05, 3.63) is 28.1 Å². The highest BCUT2D eigenvalue weighted by molar-refractivity contribution is 5.56. The monoisotopic (exact) mass is 391 g/mol. The van der Waals surface area contributed by atoms with E-state index in [4.69, 9.17) is 4.52 Å². The molecule has 2 aromatic heterocycles. The van der Waals surface area contributed by atoms with Crippen LogP contribution in [0.25, 0.3) is 11.5 Å². The van der Waals surface area contributed by atoms with E-state index in [-0.39, 0.29) is 5.82 Å². The van der Waals surface area contributed by atoms with E-state index in [0.717, 1.165) is 43.8 Å². The van der Waals surface area contributed by atoms with Gasteiger partial charge in [0.1, 0.15) is 12.5 Å². The van der Waals surface area contributed by atoms with Crippen molar-refractivity contribution in [1.82, 2.24) is 20.0 Å². The fourth-order valence-corrected chi connectivity index (χ4v) is 3.26. The third-order valence-electron chi connectivity index (χ3n) is 4.94. The van der Waals surface area contributed by atoms with Gasteiger partial charge in [0.15, 0.2) is 5.69 Å². The van der Waals surface area contributed by atoms with E-state index in [0.29, 0.717) is 11.5 Å². The van der Waals surface area contributed by atoms with Crippen LogP contribution >= 0.6 is 0 Å². The molecule has 156 valence electrons. The lowest BCUT2D eigenvalue weighted by Gasteiger charge is -2.06. The molecule has 1 N–H and O–H groups in total. The first-order valence-electron chi connectivity index (χ1n) is 10.3. The molecule has 0 atom stereocenters. The second-order valence-electron chi connectivity index (χ2n) is 7.75. The maximum atomic E-state index is 11.0. The Morgan fingerprint density at radius 1 is 1.18 bits per heavy atom. The summed E-state index contributed by atoms with van der Waals surface area (Å²) >= 11 is 0. The van der Waals surface area contributed by atoms with E-state index in [2.05, 4.69) is 29.3 Å². The second-order valence-corrected chi connectivity index (χ2v) is 7.75. The summed E-state index contributed by atoms with van der Waals surface area (Å²) in [7, 11) is 1.62. The fourth-order valence-electron chi connectivity index (χ4n) is 3.26. The highest BCUT2D eigenvalue weighted by Gasteiger charge is 2.23. The zero-order valence-corrected chi connectivity index (χ0v) is 17.3. The average Bonchev–Trinajstić information content (AvgIpc) is 3.25. The number of aryl methyl sites for hydroxylation is 1. The third-order valence-corrected chi connectivity index (χ3v) is 4.94. The summed E-state index contributed by atoms with van der Waals surface area (Å²) in [5.41, 5.74) is 1.55. The summed E-state index contributed by atoms with van der Waals surface area (Å²) in [6.07, 6.45) is 12.2. The van der Waals surface area contributed by atoms with Gasteiger partial charge in [-0.2, -0.15) is 0 Å². The molecule has 0 spiro atoms. The lowest BCUT2D eigenvalue weighted by Crippen LogP contribution is -2.16. The summed E-state index contributed by atoms with van der Waals surface area (Å²) < 4.78 is 6.54. The predicted molar refractivity (Wildman–Crippen MR) is 109 cm³/mol. The highest BCUT2D eigenvalue weighted by atomic mass is 16.6. The first kappa shape index (κ1) is 22.1. The minimum Gasteiger partial charge on any atom is -0.364 e. The van der Waals surface area contributed by atoms with Crippen molar-refractivity contribution in [2.45, 2.75) is 65.2 Å². The van der Waals surface area contributed by atoms with Crippen molar-refractivity contribution < 1.29 is 9.45 Å². The zero-order chi connectivity index (χ0) is 20.4. The van der Waals surface area contributed by atoms with Gasteiger partial charge < -0.3 is 20.0 Å². The van der Waals surface area contributed by atoms with Crippen molar-refractivity contribution >= 4 is 5.82 Å². The lowest BCUT2D eigenvalue weighted by atomic mass is 10.1. The SMILES string of the molecule is CC(C)CCCCNCCCCCCc1conc1-c1ncc([N+](=O)[O-])n1C. The van der Waals surface area contributed by atoms with Crippen molar-refractivity contribution in [3.63, 3.8) is 0 Å². The molecule has 0 saturated heterocycles. The van der Waals surface area contributed by atoms with Crippen LogP contribution in [0.15, 0.2) is 17.0 Å². The van der Waals surface area contributed by atoms with Gasteiger partial charge >= 0.3 is 5.82 Å². The summed E-state index contributed by atoms with van der Waals surface area (Å²) in [6.45, 7) is 6.75. The van der Waals surface area contributed by atoms with Crippen LogP contribution in [-0.4, -0.2) is 32.7 Å². The number of hydrogen-bond acceptors (Lipinski definition) is 6. The van der Waals surface area contributed by atoms with E-state index in [1.54, 1.807) is 13.3 Å². The maximum absolute atomic E-state index is 11.0. The smallest absolute Gasteiger partial charge is 0.342 e. The minimum absolute atomic E-state index is 0.0549. The topological polar surface area (TPSA) is 99.0 Å². The number of nitro groups is 1. The van der Waals surface area contributed by atoms with Gasteiger partial charge in [-0.05, 0) is 49.6 Å². The molecule has 0 unspecified atom stereocenters. The number of imidazole rings is 1. The number of hydrogen-bond donors (Lipinski definition) is 1. The molecule has 0 amide bonds. The van der Waals surface area contributed by atoms with Gasteiger partial charge in [-0.3, -0.25) is 0 Å². The molecule has 2 rings (SSSR count). The number of aromatic nitrogens is 3. The van der Waals surface area contributed by atoms with Gasteiger partial charge in [0, 0.05) is 5.56 Å². The molecule has 0 aromatic carbocycles. The molecule has 28 heavy (non-hydrogen) atoms. The minimum atomic E-state index is -0.450. The summed E-state index contributed by atoms with van der Waals surface area (Å²) in [4.78, 5) is 14.7. The molecule has 0 aliphatic heterocycles. The van der Waals surface area contributed by atoms with Crippen LogP contribution in [0, 0.1) is 16.0 Å². The van der Waals surface area contributed by atoms with Crippen molar-refractivity contribution in [2.75, 3.05) is 13.1 Å². The Bertz CT molecular complexity index is 723. The van der Waals surface area contributed by atoms with E-state index < -0.39 is 4.92 Å². The quantitative estimate of drug-likeness (QED) is 0.289. The summed E-state index contributed by atoms with van der Waals surface area (Å²) in [5.74, 6) is 1.22. The first-order valence-corrected chi connectivity index (χ1v) is 10.3. The molecule has 2 aromatic rings. The molecule has 0 aliphatic rings. The second kappa shape index (κ2) is 11.6. The van der Waals surface area contributed by atoms with Gasteiger partial charge in [-0.25, -0.2) is 9.55 Å². The van der Waals surface area contributed by atoms with Gasteiger partial charge in [0.25, 0.3) is 5.82 Å². The molecular formula is C20H33N5O3. The van der Waals surface area contributed by atoms with E-state index in [1.165, 1.54) is 42.9 Å². The normalized spacial score (nSPS) is 11.4. The van der Waals surface area contributed by atoms with Crippen LogP contribution in [0.3, 0.4) is 0 Å². The fraction of sp³-hybridized carbons (Fsp3) is 0.700. The van der Waals surface area contributed by atoms with Gasteiger partial charge in [-0.1, -0.05) is 44.7 Å². The number of nitrogens with zero attached hydrogens (tertiary/aromatic N) is 4. The Balaban J connectivity index is 1.63. The van der Waals surface area contributed by atoms with Crippen LogP contribution in [0.2, 0.25) is 0 Å². The first-order chi connectivity index (χ1) is 13.5. The number of nitrogens with one attached hydrogen (secondary N) is 1. The Kier molecular flexibility index (Phi) is 9.13. The van der Waals surface area contributed by atoms with Crippen molar-refractivity contribution in [2.24, 2.45) is 13.0 Å². The molecular weight excluding hydrogens is 358 g/mol.